The molecule has 30 heavy (non-hydrogen) atoms. The Morgan fingerprint density at radius 3 is 2.73 bits per heavy atom. The number of para-hydroxylation sites is 1. The average Bonchev–Trinajstić information content (AvgIpc) is 3.09. The number of hydrogen-bond donors (Lipinski definition) is 3. The zero-order chi connectivity index (χ0) is 21.3. The number of aliphatic imine (C=N–C) groups is 1. The maximum absolute atomic E-state index is 12.1. The molecule has 2 aromatic heterocycles. The molecule has 9 heteroatoms. The van der Waals surface area contributed by atoms with Gasteiger partial charge < -0.3 is 15.0 Å². The van der Waals surface area contributed by atoms with Crippen molar-refractivity contribution >= 4 is 34.7 Å². The van der Waals surface area contributed by atoms with E-state index in [0.29, 0.717) is 13.0 Å². The minimum atomic E-state index is -1.07. The number of H-pyrrole nitrogens is 1. The number of rotatable bonds is 5. The summed E-state index contributed by atoms with van der Waals surface area (Å²) in [5.74, 6) is -1.12. The fraction of sp³-hybridized carbons (Fsp3) is 0.286. The number of fused-ring (bicyclic) bond motifs is 1. The van der Waals surface area contributed by atoms with E-state index in [-0.39, 0.29) is 18.3 Å². The van der Waals surface area contributed by atoms with E-state index in [1.54, 1.807) is 4.90 Å². The highest BCUT2D eigenvalue weighted by Crippen LogP contribution is 2.20. The van der Waals surface area contributed by atoms with Gasteiger partial charge in [0.2, 0.25) is 11.9 Å². The number of aromatic nitrogens is 3. The van der Waals surface area contributed by atoms with Crippen molar-refractivity contribution < 1.29 is 14.7 Å². The Bertz CT molecular complexity index is 1130. The number of carbonyl (C=O) groups excluding carboxylic acids is 1. The normalized spacial score (nSPS) is 18.1. The Labute approximate surface area is 172 Å². The van der Waals surface area contributed by atoms with Gasteiger partial charge in [-0.05, 0) is 38.0 Å². The lowest BCUT2D eigenvalue weighted by Gasteiger charge is -2.35. The van der Waals surface area contributed by atoms with E-state index >= 15 is 0 Å². The molecule has 9 nitrogen and oxygen atoms in total. The van der Waals surface area contributed by atoms with Crippen LogP contribution in [0.4, 0.5) is 5.95 Å². The van der Waals surface area contributed by atoms with Crippen LogP contribution in [0, 0.1) is 13.8 Å². The first-order valence-electron chi connectivity index (χ1n) is 9.66. The van der Waals surface area contributed by atoms with E-state index in [2.05, 4.69) is 25.3 Å². The van der Waals surface area contributed by atoms with Gasteiger partial charge in [0.05, 0.1) is 6.42 Å². The molecule has 0 saturated carbocycles. The summed E-state index contributed by atoms with van der Waals surface area (Å²) >= 11 is 0. The van der Waals surface area contributed by atoms with Crippen LogP contribution in [0.1, 0.15) is 23.4 Å². The van der Waals surface area contributed by atoms with Crippen LogP contribution in [-0.2, 0) is 16.0 Å². The third kappa shape index (κ3) is 4.00. The molecule has 3 N–H and O–H groups in total. The van der Waals surface area contributed by atoms with Gasteiger partial charge in [-0.3, -0.25) is 10.1 Å². The molecular weight excluding hydrogens is 384 g/mol. The van der Waals surface area contributed by atoms with Gasteiger partial charge in [0.1, 0.15) is 6.04 Å². The molecule has 3 aromatic rings. The van der Waals surface area contributed by atoms with E-state index in [9.17, 15) is 14.7 Å². The van der Waals surface area contributed by atoms with Crippen molar-refractivity contribution in [2.75, 3.05) is 6.54 Å². The second-order valence-electron chi connectivity index (χ2n) is 7.30. The maximum Gasteiger partial charge on any atom is 0.326 e. The summed E-state index contributed by atoms with van der Waals surface area (Å²) in [5, 5.41) is 13.5. The summed E-state index contributed by atoms with van der Waals surface area (Å²) in [6.07, 6.45) is 2.36. The van der Waals surface area contributed by atoms with E-state index in [4.69, 9.17) is 0 Å². The number of amides is 1. The summed E-state index contributed by atoms with van der Waals surface area (Å²) in [6.45, 7) is 4.02. The number of aliphatic carboxylic acids is 1. The van der Waals surface area contributed by atoms with Gasteiger partial charge in [-0.15, -0.1) is 0 Å². The summed E-state index contributed by atoms with van der Waals surface area (Å²) in [4.78, 5) is 41.8. The molecule has 1 saturated heterocycles. The van der Waals surface area contributed by atoms with E-state index in [1.165, 1.54) is 0 Å². The maximum atomic E-state index is 12.1. The van der Waals surface area contributed by atoms with Crippen LogP contribution < -0.4 is 5.32 Å². The van der Waals surface area contributed by atoms with Gasteiger partial charge in [0, 0.05) is 35.0 Å². The molecule has 0 bridgehead atoms. The van der Waals surface area contributed by atoms with Crippen molar-refractivity contribution in [3.63, 3.8) is 0 Å². The van der Waals surface area contributed by atoms with Crippen molar-refractivity contribution in [2.24, 2.45) is 4.99 Å². The highest BCUT2D eigenvalue weighted by atomic mass is 16.4. The van der Waals surface area contributed by atoms with E-state index < -0.39 is 17.9 Å². The monoisotopic (exact) mass is 406 g/mol. The minimum absolute atomic E-state index is 0.143. The molecule has 1 fully saturated rings. The summed E-state index contributed by atoms with van der Waals surface area (Å²) in [5.41, 5.74) is 3.56. The van der Waals surface area contributed by atoms with Crippen LogP contribution in [-0.4, -0.2) is 55.4 Å². The minimum Gasteiger partial charge on any atom is -0.480 e. The zero-order valence-electron chi connectivity index (χ0n) is 16.7. The number of aromatic amines is 1. The molecule has 4 rings (SSSR count). The Morgan fingerprint density at radius 1 is 1.27 bits per heavy atom. The standard InChI is InChI=1S/C21H22N6O3/c1-12-9-13(2)24-20(23-12)26-21-25-18(28)10-17(19(29)30)27(21)8-7-14-11-22-16-6-4-3-5-15(14)16/h3-6,9,11,17,22H,7-8,10H2,1-2H3,(H,29,30)(H,23,24,25,26,28)/t17-/m1/s1. The second-order valence-corrected chi connectivity index (χ2v) is 7.30. The van der Waals surface area contributed by atoms with Crippen molar-refractivity contribution in [2.45, 2.75) is 32.7 Å². The molecular formula is C21H22N6O3. The van der Waals surface area contributed by atoms with E-state index in [0.717, 1.165) is 27.9 Å². The Balaban J connectivity index is 1.66. The first kappa shape index (κ1) is 19.6. The Hall–Kier alpha value is -3.75. The number of benzene rings is 1. The Kier molecular flexibility index (Phi) is 5.18. The van der Waals surface area contributed by atoms with E-state index in [1.807, 2.05) is 50.4 Å². The predicted molar refractivity (Wildman–Crippen MR) is 111 cm³/mol. The molecule has 1 aromatic carbocycles. The van der Waals surface area contributed by atoms with Gasteiger partial charge in [0.15, 0.2) is 0 Å². The number of nitrogens with zero attached hydrogens (tertiary/aromatic N) is 4. The third-order valence-electron chi connectivity index (χ3n) is 5.04. The largest absolute Gasteiger partial charge is 0.480 e. The van der Waals surface area contributed by atoms with Crippen LogP contribution in [0.3, 0.4) is 0 Å². The first-order chi connectivity index (χ1) is 14.4. The van der Waals surface area contributed by atoms with Crippen molar-refractivity contribution in [3.05, 3.63) is 53.5 Å². The molecule has 1 atom stereocenters. The number of guanidine groups is 1. The van der Waals surface area contributed by atoms with Crippen molar-refractivity contribution in [3.8, 4) is 0 Å². The highest BCUT2D eigenvalue weighted by molar-refractivity contribution is 6.04. The second kappa shape index (κ2) is 7.94. The number of hydrogen-bond acceptors (Lipinski definition) is 5. The number of aryl methyl sites for hydroxylation is 2. The topological polar surface area (TPSA) is 124 Å². The van der Waals surface area contributed by atoms with Gasteiger partial charge >= 0.3 is 5.97 Å². The lowest BCUT2D eigenvalue weighted by molar-refractivity contribution is -0.145. The molecule has 0 unspecified atom stereocenters. The van der Waals surface area contributed by atoms with Crippen LogP contribution in [0.15, 0.2) is 41.5 Å². The van der Waals surface area contributed by atoms with Crippen LogP contribution in [0.25, 0.3) is 10.9 Å². The highest BCUT2D eigenvalue weighted by Gasteiger charge is 2.36. The number of carbonyl (C=O) groups is 2. The lowest BCUT2D eigenvalue weighted by Crippen LogP contribution is -2.58. The molecule has 0 aliphatic carbocycles. The van der Waals surface area contributed by atoms with Crippen LogP contribution in [0.5, 0.6) is 0 Å². The van der Waals surface area contributed by atoms with Crippen LogP contribution >= 0.6 is 0 Å². The summed E-state index contributed by atoms with van der Waals surface area (Å²) < 4.78 is 0. The van der Waals surface area contributed by atoms with Gasteiger partial charge in [0.25, 0.3) is 5.95 Å². The Morgan fingerprint density at radius 2 is 2.00 bits per heavy atom. The fourth-order valence-corrected chi connectivity index (χ4v) is 3.69. The molecule has 3 heterocycles. The third-order valence-corrected chi connectivity index (χ3v) is 5.04. The molecule has 0 spiro atoms. The zero-order valence-corrected chi connectivity index (χ0v) is 16.7. The predicted octanol–water partition coefficient (Wildman–Crippen LogP) is 2.08. The van der Waals surface area contributed by atoms with Gasteiger partial charge in [-0.1, -0.05) is 18.2 Å². The summed E-state index contributed by atoms with van der Waals surface area (Å²) in [7, 11) is 0. The molecule has 0 radical (unpaired) electrons. The van der Waals surface area contributed by atoms with Gasteiger partial charge in [-0.25, -0.2) is 14.8 Å². The molecule has 154 valence electrons. The first-order valence-corrected chi connectivity index (χ1v) is 9.66. The fourth-order valence-electron chi connectivity index (χ4n) is 3.69. The quantitative estimate of drug-likeness (QED) is 0.596. The summed E-state index contributed by atoms with van der Waals surface area (Å²) in [6, 6.07) is 8.74. The number of carboxylic acid groups (broad SMARTS) is 1. The SMILES string of the molecule is Cc1cc(C)nc(N=C2NC(=O)C[C@H](C(=O)O)N2CCc2c[nH]c3ccccc23)n1. The average molecular weight is 406 g/mol. The molecule has 1 amide bonds. The molecule has 1 aliphatic rings. The van der Waals surface area contributed by atoms with Crippen molar-refractivity contribution in [1.29, 1.82) is 0 Å². The smallest absolute Gasteiger partial charge is 0.326 e. The van der Waals surface area contributed by atoms with Crippen LogP contribution in [0.2, 0.25) is 0 Å². The van der Waals surface area contributed by atoms with Crippen molar-refractivity contribution in [1.82, 2.24) is 25.2 Å². The number of nitrogens with one attached hydrogen (secondary N) is 2. The van der Waals surface area contributed by atoms with Gasteiger partial charge in [-0.2, -0.15) is 4.99 Å². The lowest BCUT2D eigenvalue weighted by atomic mass is 10.1. The number of carboxylic acids is 1. The molecule has 1 aliphatic heterocycles.